The molecule has 0 spiro atoms. The number of aromatic nitrogens is 1. The lowest BCUT2D eigenvalue weighted by atomic mass is 10.1. The molecule has 0 bridgehead atoms. The molecule has 2 fully saturated rings. The van der Waals surface area contributed by atoms with E-state index < -0.39 is 0 Å². The number of hydrogen-bond acceptors (Lipinski definition) is 3. The van der Waals surface area contributed by atoms with E-state index in [1.54, 1.807) is 6.07 Å². The molecule has 1 saturated heterocycles. The van der Waals surface area contributed by atoms with Gasteiger partial charge in [0.05, 0.1) is 25.7 Å². The molecule has 1 N–H and O–H groups in total. The van der Waals surface area contributed by atoms with Crippen molar-refractivity contribution in [3.8, 4) is 0 Å². The number of hydrogen-bond donors (Lipinski definition) is 1. The molecule has 24 heavy (non-hydrogen) atoms. The van der Waals surface area contributed by atoms with Crippen molar-refractivity contribution in [3.05, 3.63) is 46.4 Å². The summed E-state index contributed by atoms with van der Waals surface area (Å²) in [7, 11) is 0. The summed E-state index contributed by atoms with van der Waals surface area (Å²) in [5, 5.41) is 1.53. The summed E-state index contributed by atoms with van der Waals surface area (Å²) >= 11 is 0. The summed E-state index contributed by atoms with van der Waals surface area (Å²) < 4.78 is 5.57. The highest BCUT2D eigenvalue weighted by Gasteiger charge is 2.33. The van der Waals surface area contributed by atoms with Crippen molar-refractivity contribution in [2.75, 3.05) is 19.8 Å². The van der Waals surface area contributed by atoms with E-state index in [0.29, 0.717) is 30.8 Å². The molecule has 2 aliphatic rings. The fourth-order valence-electron chi connectivity index (χ4n) is 3.54. The molecule has 126 valence electrons. The summed E-state index contributed by atoms with van der Waals surface area (Å²) in [4.78, 5) is 29.8. The van der Waals surface area contributed by atoms with Crippen LogP contribution in [0.3, 0.4) is 0 Å². The Labute approximate surface area is 140 Å². The van der Waals surface area contributed by atoms with Gasteiger partial charge in [0.15, 0.2) is 0 Å². The maximum atomic E-state index is 12.8. The normalized spacial score (nSPS) is 21.2. The number of amides is 1. The molecule has 5 nitrogen and oxygen atoms in total. The van der Waals surface area contributed by atoms with Gasteiger partial charge < -0.3 is 14.6 Å². The van der Waals surface area contributed by atoms with Gasteiger partial charge >= 0.3 is 0 Å². The number of nitrogens with zero attached hydrogens (tertiary/aromatic N) is 1. The predicted molar refractivity (Wildman–Crippen MR) is 91.9 cm³/mol. The Morgan fingerprint density at radius 1 is 1.29 bits per heavy atom. The maximum absolute atomic E-state index is 12.8. The predicted octanol–water partition coefficient (Wildman–Crippen LogP) is 2.10. The molecule has 1 saturated carbocycles. The molecule has 4 rings (SSSR count). The lowest BCUT2D eigenvalue weighted by molar-refractivity contribution is -0.139. The molecule has 0 radical (unpaired) electrons. The van der Waals surface area contributed by atoms with Crippen molar-refractivity contribution in [3.63, 3.8) is 0 Å². The summed E-state index contributed by atoms with van der Waals surface area (Å²) in [5.41, 5.74) is 0.549. The number of carbonyl (C=O) groups excluding carboxylic acids is 1. The second kappa shape index (κ2) is 6.40. The minimum Gasteiger partial charge on any atom is -0.377 e. The van der Waals surface area contributed by atoms with Crippen molar-refractivity contribution in [2.24, 2.45) is 5.92 Å². The Balaban J connectivity index is 1.53. The topological polar surface area (TPSA) is 62.4 Å². The first-order chi connectivity index (χ1) is 11.7. The number of aromatic amines is 1. The van der Waals surface area contributed by atoms with Gasteiger partial charge in [0, 0.05) is 17.6 Å². The zero-order chi connectivity index (χ0) is 16.5. The van der Waals surface area contributed by atoms with E-state index in [9.17, 15) is 9.59 Å². The van der Waals surface area contributed by atoms with Gasteiger partial charge in [-0.05, 0) is 29.9 Å². The second-order valence-corrected chi connectivity index (χ2v) is 6.88. The van der Waals surface area contributed by atoms with Crippen LogP contribution in [0.2, 0.25) is 0 Å². The Morgan fingerprint density at radius 3 is 2.96 bits per heavy atom. The molecule has 2 aromatic rings. The fraction of sp³-hybridized carbons (Fsp3) is 0.474. The van der Waals surface area contributed by atoms with E-state index in [1.165, 1.54) is 12.8 Å². The smallest absolute Gasteiger partial charge is 0.256 e. The Hall–Kier alpha value is -2.14. The Kier molecular flexibility index (Phi) is 4.10. The van der Waals surface area contributed by atoms with Crippen LogP contribution in [0.5, 0.6) is 0 Å². The maximum Gasteiger partial charge on any atom is 0.256 e. The third-order valence-electron chi connectivity index (χ3n) is 5.00. The van der Waals surface area contributed by atoms with E-state index >= 15 is 0 Å². The third-order valence-corrected chi connectivity index (χ3v) is 5.00. The lowest BCUT2D eigenvalue weighted by Gasteiger charge is -2.36. The molecule has 1 aliphatic carbocycles. The number of pyridine rings is 1. The van der Waals surface area contributed by atoms with Crippen LogP contribution in [0.15, 0.2) is 35.1 Å². The zero-order valence-corrected chi connectivity index (χ0v) is 13.7. The molecule has 2 heterocycles. The van der Waals surface area contributed by atoms with E-state index in [-0.39, 0.29) is 23.9 Å². The molecular weight excluding hydrogens is 304 g/mol. The van der Waals surface area contributed by atoms with Gasteiger partial charge in [-0.1, -0.05) is 31.0 Å². The first kappa shape index (κ1) is 15.4. The van der Waals surface area contributed by atoms with Crippen LogP contribution < -0.4 is 5.56 Å². The van der Waals surface area contributed by atoms with Gasteiger partial charge in [-0.3, -0.25) is 9.59 Å². The molecule has 1 atom stereocenters. The Morgan fingerprint density at radius 2 is 2.12 bits per heavy atom. The number of morpholine rings is 1. The third kappa shape index (κ3) is 3.22. The van der Waals surface area contributed by atoms with Crippen molar-refractivity contribution in [2.45, 2.75) is 31.7 Å². The van der Waals surface area contributed by atoms with E-state index in [4.69, 9.17) is 4.74 Å². The number of fused-ring (bicyclic) bond motifs is 1. The van der Waals surface area contributed by atoms with Crippen LogP contribution in [0.25, 0.3) is 10.8 Å². The summed E-state index contributed by atoms with van der Waals surface area (Å²) in [5.74, 6) is 0.836. The minimum atomic E-state index is -0.132. The zero-order valence-electron chi connectivity index (χ0n) is 13.7. The molecule has 1 aromatic carbocycles. The number of benzene rings is 1. The number of H-pyrrole nitrogens is 1. The van der Waals surface area contributed by atoms with Crippen LogP contribution in [0.1, 0.15) is 25.0 Å². The molecule has 1 aromatic heterocycles. The van der Waals surface area contributed by atoms with Gasteiger partial charge in [-0.2, -0.15) is 0 Å². The van der Waals surface area contributed by atoms with Crippen LogP contribution >= 0.6 is 0 Å². The molecular formula is C19H22N2O3. The SMILES string of the molecule is O=C(Cc1cc2ccccc2c(=O)[nH]1)N1CCOCC1CC1CC1. The molecule has 1 amide bonds. The number of nitrogens with one attached hydrogen (secondary N) is 1. The molecule has 1 aliphatic heterocycles. The molecule has 5 heteroatoms. The number of ether oxygens (including phenoxy) is 1. The largest absolute Gasteiger partial charge is 0.377 e. The molecule has 1 unspecified atom stereocenters. The quantitative estimate of drug-likeness (QED) is 0.936. The van der Waals surface area contributed by atoms with Gasteiger partial charge in [-0.25, -0.2) is 0 Å². The van der Waals surface area contributed by atoms with E-state index in [2.05, 4.69) is 4.98 Å². The van der Waals surface area contributed by atoms with Crippen molar-refractivity contribution in [1.29, 1.82) is 0 Å². The standard InChI is InChI=1S/C19H22N2O3/c22-18(21-7-8-24-12-16(21)9-13-5-6-13)11-15-10-14-3-1-2-4-17(14)19(23)20-15/h1-4,10,13,16H,5-9,11-12H2,(H,20,23). The van der Waals surface area contributed by atoms with Crippen LogP contribution in [-0.2, 0) is 16.0 Å². The van der Waals surface area contributed by atoms with E-state index in [1.807, 2.05) is 29.2 Å². The fourth-order valence-corrected chi connectivity index (χ4v) is 3.54. The summed E-state index contributed by atoms with van der Waals surface area (Å²) in [6, 6.07) is 9.55. The van der Waals surface area contributed by atoms with Crippen LogP contribution in [-0.4, -0.2) is 41.6 Å². The van der Waals surface area contributed by atoms with Gasteiger partial charge in [-0.15, -0.1) is 0 Å². The van der Waals surface area contributed by atoms with Crippen LogP contribution in [0, 0.1) is 5.92 Å². The summed E-state index contributed by atoms with van der Waals surface area (Å²) in [6.07, 6.45) is 3.83. The van der Waals surface area contributed by atoms with E-state index in [0.717, 1.165) is 17.7 Å². The number of carbonyl (C=O) groups is 1. The first-order valence-electron chi connectivity index (χ1n) is 8.69. The minimum absolute atomic E-state index is 0.0786. The monoisotopic (exact) mass is 326 g/mol. The average molecular weight is 326 g/mol. The highest BCUT2D eigenvalue weighted by atomic mass is 16.5. The average Bonchev–Trinajstić information content (AvgIpc) is 3.39. The summed E-state index contributed by atoms with van der Waals surface area (Å²) in [6.45, 7) is 1.88. The van der Waals surface area contributed by atoms with Crippen molar-refractivity contribution in [1.82, 2.24) is 9.88 Å². The van der Waals surface area contributed by atoms with Crippen LogP contribution in [0.4, 0.5) is 0 Å². The Bertz CT molecular complexity index is 810. The van der Waals surface area contributed by atoms with Gasteiger partial charge in [0.1, 0.15) is 0 Å². The van der Waals surface area contributed by atoms with Crippen molar-refractivity contribution < 1.29 is 9.53 Å². The second-order valence-electron chi connectivity index (χ2n) is 6.88. The lowest BCUT2D eigenvalue weighted by Crippen LogP contribution is -2.49. The number of rotatable bonds is 4. The van der Waals surface area contributed by atoms with Crippen molar-refractivity contribution >= 4 is 16.7 Å². The highest BCUT2D eigenvalue weighted by molar-refractivity contribution is 5.84. The first-order valence-corrected chi connectivity index (χ1v) is 8.69. The van der Waals surface area contributed by atoms with Gasteiger partial charge in [0.25, 0.3) is 5.56 Å². The van der Waals surface area contributed by atoms with Gasteiger partial charge in [0.2, 0.25) is 5.91 Å². The highest BCUT2D eigenvalue weighted by Crippen LogP contribution is 2.35.